The maximum atomic E-state index is 10.0. The molecule has 0 saturated heterocycles. The first kappa shape index (κ1) is 13.9. The summed E-state index contributed by atoms with van der Waals surface area (Å²) in [6.07, 6.45) is 5.77. The summed E-state index contributed by atoms with van der Waals surface area (Å²) in [5.41, 5.74) is 0. The standard InChI is InChI=1S/C13H28N2O/c1-4-15(11-7-10-14(2)3)12-8-5-6-9-13(12)16/h12-13,16H,4-11H2,1-3H3. The van der Waals surface area contributed by atoms with Crippen LogP contribution in [0.15, 0.2) is 0 Å². The first-order chi connectivity index (χ1) is 7.65. The maximum absolute atomic E-state index is 10.0. The molecule has 1 rings (SSSR count). The molecule has 3 heteroatoms. The first-order valence-corrected chi connectivity index (χ1v) is 6.72. The smallest absolute Gasteiger partial charge is 0.0695 e. The van der Waals surface area contributed by atoms with Gasteiger partial charge in [0.15, 0.2) is 0 Å². The van der Waals surface area contributed by atoms with Crippen LogP contribution in [0, 0.1) is 0 Å². The van der Waals surface area contributed by atoms with Crippen molar-refractivity contribution in [2.24, 2.45) is 0 Å². The second-order valence-corrected chi connectivity index (χ2v) is 5.20. The van der Waals surface area contributed by atoms with Gasteiger partial charge in [0.2, 0.25) is 0 Å². The Kier molecular flexibility index (Phi) is 6.32. The Morgan fingerprint density at radius 1 is 1.12 bits per heavy atom. The van der Waals surface area contributed by atoms with E-state index < -0.39 is 0 Å². The molecule has 1 fully saturated rings. The average Bonchev–Trinajstić information content (AvgIpc) is 2.25. The van der Waals surface area contributed by atoms with Crippen molar-refractivity contribution in [3.63, 3.8) is 0 Å². The van der Waals surface area contributed by atoms with E-state index in [-0.39, 0.29) is 6.10 Å². The molecule has 1 saturated carbocycles. The third-order valence-corrected chi connectivity index (χ3v) is 3.62. The highest BCUT2D eigenvalue weighted by atomic mass is 16.3. The summed E-state index contributed by atoms with van der Waals surface area (Å²) in [5.74, 6) is 0. The van der Waals surface area contributed by atoms with Crippen molar-refractivity contribution in [2.45, 2.75) is 51.2 Å². The monoisotopic (exact) mass is 228 g/mol. The molecule has 0 bridgehead atoms. The Morgan fingerprint density at radius 3 is 2.38 bits per heavy atom. The molecule has 2 unspecified atom stereocenters. The second-order valence-electron chi connectivity index (χ2n) is 5.20. The number of hydrogen-bond donors (Lipinski definition) is 1. The quantitative estimate of drug-likeness (QED) is 0.747. The van der Waals surface area contributed by atoms with E-state index in [1.54, 1.807) is 0 Å². The topological polar surface area (TPSA) is 26.7 Å². The van der Waals surface area contributed by atoms with E-state index in [0.29, 0.717) is 6.04 Å². The van der Waals surface area contributed by atoms with Crippen molar-refractivity contribution in [2.75, 3.05) is 33.7 Å². The fourth-order valence-electron chi connectivity index (χ4n) is 2.67. The van der Waals surface area contributed by atoms with E-state index in [9.17, 15) is 5.11 Å². The Bertz CT molecular complexity index is 185. The van der Waals surface area contributed by atoms with Gasteiger partial charge in [-0.2, -0.15) is 0 Å². The molecule has 1 aliphatic carbocycles. The molecule has 16 heavy (non-hydrogen) atoms. The minimum Gasteiger partial charge on any atom is -0.391 e. The summed E-state index contributed by atoms with van der Waals surface area (Å²) in [4.78, 5) is 4.69. The zero-order valence-electron chi connectivity index (χ0n) is 11.2. The fourth-order valence-corrected chi connectivity index (χ4v) is 2.67. The number of aliphatic hydroxyl groups is 1. The van der Waals surface area contributed by atoms with Gasteiger partial charge in [0.05, 0.1) is 6.10 Å². The van der Waals surface area contributed by atoms with Gasteiger partial charge in [0, 0.05) is 6.04 Å². The van der Waals surface area contributed by atoms with Crippen LogP contribution < -0.4 is 0 Å². The minimum atomic E-state index is -0.0898. The van der Waals surface area contributed by atoms with Gasteiger partial charge in [0.1, 0.15) is 0 Å². The molecule has 0 amide bonds. The van der Waals surface area contributed by atoms with E-state index in [0.717, 1.165) is 26.1 Å². The lowest BCUT2D eigenvalue weighted by Gasteiger charge is -2.37. The van der Waals surface area contributed by atoms with Crippen molar-refractivity contribution < 1.29 is 5.11 Å². The van der Waals surface area contributed by atoms with Crippen molar-refractivity contribution in [1.29, 1.82) is 0 Å². The van der Waals surface area contributed by atoms with Gasteiger partial charge in [0.25, 0.3) is 0 Å². The van der Waals surface area contributed by atoms with E-state index in [2.05, 4.69) is 30.8 Å². The van der Waals surface area contributed by atoms with Crippen molar-refractivity contribution >= 4 is 0 Å². The Labute approximate surface area is 100 Å². The number of rotatable bonds is 6. The molecule has 1 aliphatic rings. The minimum absolute atomic E-state index is 0.0898. The van der Waals surface area contributed by atoms with Crippen LogP contribution in [0.4, 0.5) is 0 Å². The molecular weight excluding hydrogens is 200 g/mol. The molecule has 0 spiro atoms. The van der Waals surface area contributed by atoms with Gasteiger partial charge in [-0.1, -0.05) is 19.8 Å². The summed E-state index contributed by atoms with van der Waals surface area (Å²) in [6, 6.07) is 0.418. The zero-order chi connectivity index (χ0) is 12.0. The van der Waals surface area contributed by atoms with E-state index in [4.69, 9.17) is 0 Å². The number of aliphatic hydroxyl groups excluding tert-OH is 1. The molecule has 2 atom stereocenters. The number of nitrogens with zero attached hydrogens (tertiary/aromatic N) is 2. The van der Waals surface area contributed by atoms with Crippen LogP contribution in [0.2, 0.25) is 0 Å². The highest BCUT2D eigenvalue weighted by Crippen LogP contribution is 2.23. The predicted molar refractivity (Wildman–Crippen MR) is 68.7 cm³/mol. The molecular formula is C13H28N2O. The van der Waals surface area contributed by atoms with Gasteiger partial charge in [-0.15, -0.1) is 0 Å². The SMILES string of the molecule is CCN(CCCN(C)C)C1CCCCC1O. The van der Waals surface area contributed by atoms with E-state index in [1.807, 2.05) is 0 Å². The summed E-state index contributed by atoms with van der Waals surface area (Å²) in [7, 11) is 4.23. The first-order valence-electron chi connectivity index (χ1n) is 6.72. The highest BCUT2D eigenvalue weighted by Gasteiger charge is 2.27. The predicted octanol–water partition coefficient (Wildman–Crippen LogP) is 1.56. The fraction of sp³-hybridized carbons (Fsp3) is 1.00. The van der Waals surface area contributed by atoms with Gasteiger partial charge >= 0.3 is 0 Å². The molecule has 96 valence electrons. The largest absolute Gasteiger partial charge is 0.391 e. The van der Waals surface area contributed by atoms with Crippen LogP contribution >= 0.6 is 0 Å². The summed E-state index contributed by atoms with van der Waals surface area (Å²) >= 11 is 0. The summed E-state index contributed by atoms with van der Waals surface area (Å²) < 4.78 is 0. The lowest BCUT2D eigenvalue weighted by Crippen LogP contribution is -2.46. The maximum Gasteiger partial charge on any atom is 0.0695 e. The van der Waals surface area contributed by atoms with Crippen molar-refractivity contribution in [3.8, 4) is 0 Å². The third-order valence-electron chi connectivity index (χ3n) is 3.62. The summed E-state index contributed by atoms with van der Waals surface area (Å²) in [5, 5.41) is 10.0. The highest BCUT2D eigenvalue weighted by molar-refractivity contribution is 4.82. The van der Waals surface area contributed by atoms with Gasteiger partial charge < -0.3 is 10.0 Å². The zero-order valence-corrected chi connectivity index (χ0v) is 11.2. The van der Waals surface area contributed by atoms with Crippen molar-refractivity contribution in [3.05, 3.63) is 0 Å². The van der Waals surface area contributed by atoms with E-state index >= 15 is 0 Å². The molecule has 0 aromatic rings. The molecule has 0 aliphatic heterocycles. The van der Waals surface area contributed by atoms with Gasteiger partial charge in [-0.3, -0.25) is 4.90 Å². The Hall–Kier alpha value is -0.120. The average molecular weight is 228 g/mol. The van der Waals surface area contributed by atoms with Crippen LogP contribution in [-0.4, -0.2) is 60.8 Å². The normalized spacial score (nSPS) is 26.6. The van der Waals surface area contributed by atoms with Crippen LogP contribution in [0.1, 0.15) is 39.0 Å². The molecule has 3 nitrogen and oxygen atoms in total. The lowest BCUT2D eigenvalue weighted by atomic mass is 9.91. The van der Waals surface area contributed by atoms with Crippen LogP contribution in [0.5, 0.6) is 0 Å². The molecule has 0 aromatic carbocycles. The van der Waals surface area contributed by atoms with Crippen LogP contribution in [0.3, 0.4) is 0 Å². The molecule has 0 heterocycles. The molecule has 0 radical (unpaired) electrons. The van der Waals surface area contributed by atoms with Gasteiger partial charge in [-0.05, 0) is 53.0 Å². The Morgan fingerprint density at radius 2 is 1.81 bits per heavy atom. The third kappa shape index (κ3) is 4.40. The van der Waals surface area contributed by atoms with Crippen LogP contribution in [0.25, 0.3) is 0 Å². The van der Waals surface area contributed by atoms with Crippen molar-refractivity contribution in [1.82, 2.24) is 9.80 Å². The summed E-state index contributed by atoms with van der Waals surface area (Å²) in [6.45, 7) is 5.53. The molecule has 0 aromatic heterocycles. The van der Waals surface area contributed by atoms with Crippen LogP contribution in [-0.2, 0) is 0 Å². The van der Waals surface area contributed by atoms with Gasteiger partial charge in [-0.25, -0.2) is 0 Å². The van der Waals surface area contributed by atoms with E-state index in [1.165, 1.54) is 25.7 Å². The molecule has 1 N–H and O–H groups in total. The Balaban J connectivity index is 2.33. The number of hydrogen-bond acceptors (Lipinski definition) is 3. The lowest BCUT2D eigenvalue weighted by molar-refractivity contribution is 0.0209. The second kappa shape index (κ2) is 7.25. The number of likely N-dealkylation sites (N-methyl/N-ethyl adjacent to an activating group) is 1.